The number of nitrogens with one attached hydrogen (secondary N) is 2. The van der Waals surface area contributed by atoms with Crippen molar-refractivity contribution >= 4 is 35.0 Å². The Balaban J connectivity index is 1.51. The highest BCUT2D eigenvalue weighted by atomic mass is 32.2. The fourth-order valence-electron chi connectivity index (χ4n) is 2.70. The van der Waals surface area contributed by atoms with Gasteiger partial charge in [0, 0.05) is 28.7 Å². The van der Waals surface area contributed by atoms with Gasteiger partial charge in [0.1, 0.15) is 11.8 Å². The van der Waals surface area contributed by atoms with Gasteiger partial charge < -0.3 is 15.4 Å². The molecule has 1 unspecified atom stereocenters. The van der Waals surface area contributed by atoms with Crippen molar-refractivity contribution in [3.05, 3.63) is 67.0 Å². The molecule has 3 aromatic rings. The van der Waals surface area contributed by atoms with Crippen LogP contribution in [0.15, 0.2) is 71.9 Å². The number of hydrogen-bond donors (Lipinski definition) is 2. The van der Waals surface area contributed by atoms with Gasteiger partial charge in [0.25, 0.3) is 0 Å². The van der Waals surface area contributed by atoms with Crippen LogP contribution in [0, 0.1) is 0 Å². The van der Waals surface area contributed by atoms with Crippen LogP contribution in [-0.2, 0) is 9.59 Å². The first-order valence-corrected chi connectivity index (χ1v) is 10.6. The van der Waals surface area contributed by atoms with Gasteiger partial charge in [0.15, 0.2) is 0 Å². The fourth-order valence-corrected chi connectivity index (χ4v) is 3.39. The lowest BCUT2D eigenvalue weighted by Gasteiger charge is -2.13. The molecule has 0 saturated heterocycles. The second-order valence-corrected chi connectivity index (χ2v) is 7.52. The van der Waals surface area contributed by atoms with Crippen molar-refractivity contribution in [2.75, 3.05) is 23.0 Å². The summed E-state index contributed by atoms with van der Waals surface area (Å²) in [7, 11) is 0. The lowest BCUT2D eigenvalue weighted by atomic mass is 10.2. The summed E-state index contributed by atoms with van der Waals surface area (Å²) in [4.78, 5) is 25.7. The van der Waals surface area contributed by atoms with Crippen LogP contribution >= 0.6 is 11.8 Å². The zero-order valence-electron chi connectivity index (χ0n) is 16.9. The van der Waals surface area contributed by atoms with Crippen molar-refractivity contribution < 1.29 is 14.3 Å². The van der Waals surface area contributed by atoms with Crippen LogP contribution in [0.5, 0.6) is 5.75 Å². The standard InChI is InChI=1S/C22H24N4O3S/c1-3-29-19-8-10-20(11-9-19)30-15-21(27)24-17-6-4-7-18(14-17)25-22(28)16(2)26-13-5-12-23-26/h4-14,16H,3,15H2,1-2H3,(H,24,27)(H,25,28). The SMILES string of the molecule is CCOc1ccc(SCC(=O)Nc2cccc(NC(=O)C(C)n3cccn3)c2)cc1. The molecule has 0 fully saturated rings. The minimum atomic E-state index is -0.441. The number of carbonyl (C=O) groups excluding carboxylic acids is 2. The Labute approximate surface area is 179 Å². The Hall–Kier alpha value is -3.26. The lowest BCUT2D eigenvalue weighted by Crippen LogP contribution is -2.24. The van der Waals surface area contributed by atoms with Gasteiger partial charge in [-0.15, -0.1) is 11.8 Å². The van der Waals surface area contributed by atoms with E-state index in [2.05, 4.69) is 15.7 Å². The van der Waals surface area contributed by atoms with Crippen molar-refractivity contribution in [3.8, 4) is 5.75 Å². The van der Waals surface area contributed by atoms with Crippen molar-refractivity contribution in [1.82, 2.24) is 9.78 Å². The fraction of sp³-hybridized carbons (Fsp3) is 0.227. The summed E-state index contributed by atoms with van der Waals surface area (Å²) in [6.45, 7) is 4.33. The molecule has 0 spiro atoms. The van der Waals surface area contributed by atoms with Gasteiger partial charge in [0.05, 0.1) is 12.4 Å². The minimum Gasteiger partial charge on any atom is -0.494 e. The van der Waals surface area contributed by atoms with E-state index in [-0.39, 0.29) is 17.6 Å². The van der Waals surface area contributed by atoms with Crippen LogP contribution in [0.1, 0.15) is 19.9 Å². The molecule has 0 aliphatic carbocycles. The molecule has 3 rings (SSSR count). The van der Waals surface area contributed by atoms with Gasteiger partial charge in [-0.2, -0.15) is 5.10 Å². The number of rotatable bonds is 9. The summed E-state index contributed by atoms with van der Waals surface area (Å²) in [5, 5.41) is 9.79. The summed E-state index contributed by atoms with van der Waals surface area (Å²) in [5.74, 6) is 0.781. The molecule has 0 bridgehead atoms. The molecule has 0 radical (unpaired) electrons. The number of thioether (sulfide) groups is 1. The van der Waals surface area contributed by atoms with Crippen LogP contribution in [0.2, 0.25) is 0 Å². The Morgan fingerprint density at radius 3 is 2.50 bits per heavy atom. The van der Waals surface area contributed by atoms with E-state index in [0.717, 1.165) is 10.6 Å². The number of benzene rings is 2. The average Bonchev–Trinajstić information content (AvgIpc) is 3.28. The number of carbonyl (C=O) groups is 2. The van der Waals surface area contributed by atoms with Crippen LogP contribution < -0.4 is 15.4 Å². The van der Waals surface area contributed by atoms with Gasteiger partial charge in [-0.05, 0) is 62.4 Å². The highest BCUT2D eigenvalue weighted by Crippen LogP contribution is 2.22. The van der Waals surface area contributed by atoms with E-state index in [1.807, 2.05) is 31.2 Å². The van der Waals surface area contributed by atoms with Gasteiger partial charge in [0.2, 0.25) is 11.8 Å². The third-order valence-electron chi connectivity index (χ3n) is 4.22. The number of aromatic nitrogens is 2. The van der Waals surface area contributed by atoms with Gasteiger partial charge in [-0.25, -0.2) is 0 Å². The van der Waals surface area contributed by atoms with Gasteiger partial charge in [-0.1, -0.05) is 6.07 Å². The number of amides is 2. The maximum Gasteiger partial charge on any atom is 0.248 e. The second kappa shape index (κ2) is 10.5. The van der Waals surface area contributed by atoms with Gasteiger partial charge in [-0.3, -0.25) is 14.3 Å². The monoisotopic (exact) mass is 424 g/mol. The summed E-state index contributed by atoms with van der Waals surface area (Å²) in [6.07, 6.45) is 3.37. The van der Waals surface area contributed by atoms with E-state index in [1.165, 1.54) is 11.8 Å². The van der Waals surface area contributed by atoms with Crippen molar-refractivity contribution in [2.24, 2.45) is 0 Å². The molecule has 2 aromatic carbocycles. The molecule has 156 valence electrons. The normalized spacial score (nSPS) is 11.5. The topological polar surface area (TPSA) is 85.3 Å². The predicted molar refractivity (Wildman–Crippen MR) is 119 cm³/mol. The maximum absolute atomic E-state index is 12.4. The van der Waals surface area contributed by atoms with Crippen molar-refractivity contribution in [1.29, 1.82) is 0 Å². The first-order valence-electron chi connectivity index (χ1n) is 9.60. The summed E-state index contributed by atoms with van der Waals surface area (Å²) in [5.41, 5.74) is 1.23. The van der Waals surface area contributed by atoms with Crippen LogP contribution in [0.4, 0.5) is 11.4 Å². The Bertz CT molecular complexity index is 974. The van der Waals surface area contributed by atoms with E-state index in [1.54, 1.807) is 54.3 Å². The second-order valence-electron chi connectivity index (χ2n) is 6.47. The third kappa shape index (κ3) is 6.12. The molecule has 2 N–H and O–H groups in total. The van der Waals surface area contributed by atoms with Gasteiger partial charge >= 0.3 is 0 Å². The van der Waals surface area contributed by atoms with Crippen molar-refractivity contribution in [3.63, 3.8) is 0 Å². The molecule has 0 aliphatic rings. The summed E-state index contributed by atoms with van der Waals surface area (Å²) in [6, 6.07) is 16.0. The molecule has 7 nitrogen and oxygen atoms in total. The van der Waals surface area contributed by atoms with Crippen LogP contribution in [-0.4, -0.2) is 34.0 Å². The van der Waals surface area contributed by atoms with E-state index in [4.69, 9.17) is 4.74 Å². The van der Waals surface area contributed by atoms with E-state index in [0.29, 0.717) is 18.0 Å². The number of anilines is 2. The molecule has 1 atom stereocenters. The smallest absolute Gasteiger partial charge is 0.248 e. The first-order chi connectivity index (χ1) is 14.5. The Morgan fingerprint density at radius 2 is 1.83 bits per heavy atom. The zero-order chi connectivity index (χ0) is 21.3. The Kier molecular flexibility index (Phi) is 7.51. The molecule has 1 heterocycles. The highest BCUT2D eigenvalue weighted by Gasteiger charge is 2.15. The third-order valence-corrected chi connectivity index (χ3v) is 5.23. The molecular formula is C22H24N4O3S. The van der Waals surface area contributed by atoms with Crippen molar-refractivity contribution in [2.45, 2.75) is 24.8 Å². The number of nitrogens with zero attached hydrogens (tertiary/aromatic N) is 2. The quantitative estimate of drug-likeness (QED) is 0.503. The van der Waals surface area contributed by atoms with E-state index < -0.39 is 6.04 Å². The maximum atomic E-state index is 12.4. The Morgan fingerprint density at radius 1 is 1.10 bits per heavy atom. The lowest BCUT2D eigenvalue weighted by molar-refractivity contribution is -0.119. The first kappa shape index (κ1) is 21.4. The zero-order valence-corrected chi connectivity index (χ0v) is 17.7. The van der Waals surface area contributed by atoms with E-state index in [9.17, 15) is 9.59 Å². The number of ether oxygens (including phenoxy) is 1. The molecule has 30 heavy (non-hydrogen) atoms. The highest BCUT2D eigenvalue weighted by molar-refractivity contribution is 8.00. The summed E-state index contributed by atoms with van der Waals surface area (Å²) >= 11 is 1.44. The minimum absolute atomic E-state index is 0.123. The molecular weight excluding hydrogens is 400 g/mol. The molecule has 0 saturated carbocycles. The van der Waals surface area contributed by atoms with E-state index >= 15 is 0 Å². The summed E-state index contributed by atoms with van der Waals surface area (Å²) < 4.78 is 7.00. The predicted octanol–water partition coefficient (Wildman–Crippen LogP) is 4.21. The molecule has 2 amide bonds. The molecule has 0 aliphatic heterocycles. The number of hydrogen-bond acceptors (Lipinski definition) is 5. The molecule has 8 heteroatoms. The van der Waals surface area contributed by atoms with Crippen LogP contribution in [0.25, 0.3) is 0 Å². The largest absolute Gasteiger partial charge is 0.494 e. The average molecular weight is 425 g/mol. The molecule has 1 aromatic heterocycles. The van der Waals surface area contributed by atoms with Crippen LogP contribution in [0.3, 0.4) is 0 Å².